The fourth-order valence-electron chi connectivity index (χ4n) is 2.11. The van der Waals surface area contributed by atoms with Gasteiger partial charge < -0.3 is 10.1 Å². The quantitative estimate of drug-likeness (QED) is 0.733. The van der Waals surface area contributed by atoms with Crippen molar-refractivity contribution in [2.75, 3.05) is 6.54 Å². The Balaban J connectivity index is 1.71. The maximum Gasteiger partial charge on any atom is 0.119 e. The molecule has 0 bridgehead atoms. The summed E-state index contributed by atoms with van der Waals surface area (Å²) >= 11 is 0. The van der Waals surface area contributed by atoms with Crippen molar-refractivity contribution >= 4 is 0 Å². The van der Waals surface area contributed by atoms with Gasteiger partial charge in [-0.3, -0.25) is 0 Å². The molecule has 0 aromatic heterocycles. The van der Waals surface area contributed by atoms with Crippen LogP contribution in [0.15, 0.2) is 54.6 Å². The van der Waals surface area contributed by atoms with E-state index in [2.05, 4.69) is 73.8 Å². The molecule has 1 N–H and O–H groups in total. The van der Waals surface area contributed by atoms with E-state index in [9.17, 15) is 0 Å². The van der Waals surface area contributed by atoms with Crippen molar-refractivity contribution in [1.29, 1.82) is 0 Å². The second kappa shape index (κ2) is 8.48. The van der Waals surface area contributed by atoms with Crippen LogP contribution in [0.25, 0.3) is 0 Å². The summed E-state index contributed by atoms with van der Waals surface area (Å²) in [5, 5.41) is 3.48. The first-order valence-corrected chi connectivity index (χ1v) is 7.78. The highest BCUT2D eigenvalue weighted by atomic mass is 16.5. The molecule has 0 spiro atoms. The van der Waals surface area contributed by atoms with Gasteiger partial charge in [0.25, 0.3) is 0 Å². The van der Waals surface area contributed by atoms with Crippen LogP contribution in [0.1, 0.15) is 31.4 Å². The van der Waals surface area contributed by atoms with Gasteiger partial charge in [-0.25, -0.2) is 0 Å². The molecule has 0 amide bonds. The van der Waals surface area contributed by atoms with E-state index in [4.69, 9.17) is 4.74 Å². The maximum absolute atomic E-state index is 5.78. The number of ether oxygens (including phenoxy) is 1. The van der Waals surface area contributed by atoms with Crippen molar-refractivity contribution in [2.24, 2.45) is 0 Å². The van der Waals surface area contributed by atoms with Gasteiger partial charge in [-0.15, -0.1) is 0 Å². The first-order valence-electron chi connectivity index (χ1n) is 7.78. The molecule has 2 aromatic carbocycles. The zero-order chi connectivity index (χ0) is 14.9. The van der Waals surface area contributed by atoms with Gasteiger partial charge in [0.05, 0.1) is 6.10 Å². The van der Waals surface area contributed by atoms with E-state index in [0.29, 0.717) is 0 Å². The lowest BCUT2D eigenvalue weighted by atomic mass is 10.1. The van der Waals surface area contributed by atoms with Crippen LogP contribution < -0.4 is 10.1 Å². The molecule has 0 aliphatic rings. The van der Waals surface area contributed by atoms with Gasteiger partial charge in [-0.1, -0.05) is 49.4 Å². The second-order valence-electron chi connectivity index (χ2n) is 5.39. The lowest BCUT2D eigenvalue weighted by molar-refractivity contribution is 0.217. The highest BCUT2D eigenvalue weighted by Crippen LogP contribution is 2.14. The average Bonchev–Trinajstić information content (AvgIpc) is 2.54. The predicted octanol–water partition coefficient (Wildman–Crippen LogP) is 4.20. The van der Waals surface area contributed by atoms with Gasteiger partial charge in [-0.2, -0.15) is 0 Å². The van der Waals surface area contributed by atoms with E-state index >= 15 is 0 Å². The second-order valence-corrected chi connectivity index (χ2v) is 5.39. The molecular weight excluding hydrogens is 258 g/mol. The first-order chi connectivity index (χ1) is 10.3. The summed E-state index contributed by atoms with van der Waals surface area (Å²) in [7, 11) is 0. The molecule has 0 saturated carbocycles. The Kier molecular flexibility index (Phi) is 6.29. The topological polar surface area (TPSA) is 21.3 Å². The van der Waals surface area contributed by atoms with Crippen LogP contribution in [0, 0.1) is 0 Å². The zero-order valence-electron chi connectivity index (χ0n) is 13.0. The van der Waals surface area contributed by atoms with Crippen molar-refractivity contribution in [2.45, 2.75) is 39.3 Å². The van der Waals surface area contributed by atoms with Gasteiger partial charge in [0, 0.05) is 6.54 Å². The van der Waals surface area contributed by atoms with E-state index in [1.54, 1.807) is 0 Å². The fraction of sp³-hybridized carbons (Fsp3) is 0.368. The van der Waals surface area contributed by atoms with E-state index in [0.717, 1.165) is 31.7 Å². The Morgan fingerprint density at radius 1 is 0.952 bits per heavy atom. The highest BCUT2D eigenvalue weighted by molar-refractivity contribution is 5.27. The first kappa shape index (κ1) is 15.6. The molecule has 1 unspecified atom stereocenters. The molecule has 0 radical (unpaired) electrons. The molecule has 0 aliphatic heterocycles. The Labute approximate surface area is 128 Å². The normalized spacial score (nSPS) is 12.1. The molecule has 0 fully saturated rings. The van der Waals surface area contributed by atoms with Crippen molar-refractivity contribution in [1.82, 2.24) is 5.32 Å². The number of hydrogen-bond acceptors (Lipinski definition) is 2. The van der Waals surface area contributed by atoms with Crippen molar-refractivity contribution in [3.63, 3.8) is 0 Å². The van der Waals surface area contributed by atoms with E-state index in [1.165, 1.54) is 11.1 Å². The van der Waals surface area contributed by atoms with Gasteiger partial charge in [0.1, 0.15) is 5.75 Å². The van der Waals surface area contributed by atoms with Crippen LogP contribution in [0.5, 0.6) is 5.75 Å². The Morgan fingerprint density at radius 3 is 2.33 bits per heavy atom. The van der Waals surface area contributed by atoms with E-state index in [1.807, 2.05) is 0 Å². The summed E-state index contributed by atoms with van der Waals surface area (Å²) in [4.78, 5) is 0. The van der Waals surface area contributed by atoms with Crippen LogP contribution >= 0.6 is 0 Å². The minimum atomic E-state index is 0.278. The van der Waals surface area contributed by atoms with E-state index in [-0.39, 0.29) is 6.10 Å². The van der Waals surface area contributed by atoms with Crippen LogP contribution in [0.2, 0.25) is 0 Å². The number of benzene rings is 2. The van der Waals surface area contributed by atoms with Crippen LogP contribution in [0.3, 0.4) is 0 Å². The minimum Gasteiger partial charge on any atom is -0.491 e. The third-order valence-electron chi connectivity index (χ3n) is 3.60. The third-order valence-corrected chi connectivity index (χ3v) is 3.60. The van der Waals surface area contributed by atoms with Crippen LogP contribution in [-0.2, 0) is 13.0 Å². The number of nitrogens with one attached hydrogen (secondary N) is 1. The van der Waals surface area contributed by atoms with Crippen LogP contribution in [0.4, 0.5) is 0 Å². The standard InChI is InChI=1S/C19H25NO/c1-3-16(2)21-19-11-9-18(10-12-19)15-20-14-13-17-7-5-4-6-8-17/h4-12,16,20H,3,13-15H2,1-2H3. The molecule has 0 aliphatic carbocycles. The highest BCUT2D eigenvalue weighted by Gasteiger charge is 2.01. The third kappa shape index (κ3) is 5.60. The van der Waals surface area contributed by atoms with Gasteiger partial charge in [0.2, 0.25) is 0 Å². The Hall–Kier alpha value is -1.80. The largest absolute Gasteiger partial charge is 0.491 e. The van der Waals surface area contributed by atoms with Crippen molar-refractivity contribution in [3.8, 4) is 5.75 Å². The van der Waals surface area contributed by atoms with Gasteiger partial charge in [-0.05, 0) is 49.6 Å². The lowest BCUT2D eigenvalue weighted by Crippen LogP contribution is -2.16. The Morgan fingerprint density at radius 2 is 1.67 bits per heavy atom. The van der Waals surface area contributed by atoms with E-state index < -0.39 is 0 Å². The molecule has 2 nitrogen and oxygen atoms in total. The summed E-state index contributed by atoms with van der Waals surface area (Å²) in [5.74, 6) is 0.956. The zero-order valence-corrected chi connectivity index (χ0v) is 13.0. The monoisotopic (exact) mass is 283 g/mol. The molecule has 2 aromatic rings. The molecular formula is C19H25NO. The molecule has 2 rings (SSSR count). The molecule has 112 valence electrons. The summed E-state index contributed by atoms with van der Waals surface area (Å²) in [6.45, 7) is 6.13. The smallest absolute Gasteiger partial charge is 0.119 e. The fourth-order valence-corrected chi connectivity index (χ4v) is 2.11. The molecule has 0 saturated heterocycles. The minimum absolute atomic E-state index is 0.278. The molecule has 1 atom stereocenters. The predicted molar refractivity (Wildman–Crippen MR) is 88.7 cm³/mol. The summed E-state index contributed by atoms with van der Waals surface area (Å²) in [6, 6.07) is 18.9. The summed E-state index contributed by atoms with van der Waals surface area (Å²) in [6.07, 6.45) is 2.37. The lowest BCUT2D eigenvalue weighted by Gasteiger charge is -2.13. The molecule has 21 heavy (non-hydrogen) atoms. The molecule has 2 heteroatoms. The molecule has 0 heterocycles. The maximum atomic E-state index is 5.78. The average molecular weight is 283 g/mol. The summed E-state index contributed by atoms with van der Waals surface area (Å²) in [5.41, 5.74) is 2.67. The van der Waals surface area contributed by atoms with Crippen molar-refractivity contribution < 1.29 is 4.74 Å². The van der Waals surface area contributed by atoms with Gasteiger partial charge >= 0.3 is 0 Å². The summed E-state index contributed by atoms with van der Waals surface area (Å²) < 4.78 is 5.78. The van der Waals surface area contributed by atoms with Gasteiger partial charge in [0.15, 0.2) is 0 Å². The van der Waals surface area contributed by atoms with Crippen molar-refractivity contribution in [3.05, 3.63) is 65.7 Å². The number of rotatable bonds is 8. The number of hydrogen-bond donors (Lipinski definition) is 1. The Bertz CT molecular complexity index is 507. The van der Waals surface area contributed by atoms with Crippen LogP contribution in [-0.4, -0.2) is 12.6 Å². The SMILES string of the molecule is CCC(C)Oc1ccc(CNCCc2ccccc2)cc1.